The molecule has 1 N–H and O–H groups in total. The number of fused-ring (bicyclic) bond motifs is 1. The van der Waals surface area contributed by atoms with Crippen LogP contribution in [0.2, 0.25) is 0 Å². The predicted octanol–water partition coefficient (Wildman–Crippen LogP) is 2.52. The number of benzene rings is 1. The molecule has 2 aromatic rings. The van der Waals surface area contributed by atoms with E-state index in [2.05, 4.69) is 39.4 Å². The lowest BCUT2D eigenvalue weighted by Crippen LogP contribution is -2.47. The van der Waals surface area contributed by atoms with Crippen LogP contribution in [-0.2, 0) is 24.8 Å². The fourth-order valence-corrected chi connectivity index (χ4v) is 3.97. The Kier molecular flexibility index (Phi) is 7.45. The van der Waals surface area contributed by atoms with E-state index in [9.17, 15) is 0 Å². The molecule has 2 aliphatic heterocycles. The Hall–Kier alpha value is -2.01. The minimum Gasteiger partial charge on any atom is -0.496 e. The highest BCUT2D eigenvalue weighted by Crippen LogP contribution is 2.35. The summed E-state index contributed by atoms with van der Waals surface area (Å²) in [6.07, 6.45) is 4.98. The Morgan fingerprint density at radius 1 is 1.40 bits per heavy atom. The molecule has 3 heterocycles. The topological polar surface area (TPSA) is 73.1 Å². The second kappa shape index (κ2) is 9.86. The second-order valence-corrected chi connectivity index (χ2v) is 7.56. The number of guanidine groups is 1. The summed E-state index contributed by atoms with van der Waals surface area (Å²) in [5, 5.41) is 7.73. The van der Waals surface area contributed by atoms with Crippen LogP contribution >= 0.6 is 24.0 Å². The van der Waals surface area contributed by atoms with Crippen molar-refractivity contribution in [3.05, 3.63) is 41.2 Å². The molecule has 0 aliphatic carbocycles. The molecular weight excluding hydrogens is 497 g/mol. The first-order valence-electron chi connectivity index (χ1n) is 9.99. The SMILES string of the molecule is CN=C(NCc1cc2c(cc1OC)CC(C)O2)N1CCOC(c2cnn(C)c2)C1.I. The average molecular weight is 527 g/mol. The molecule has 1 aromatic heterocycles. The number of aryl methyl sites for hydroxylation is 1. The maximum absolute atomic E-state index is 5.95. The molecule has 0 radical (unpaired) electrons. The van der Waals surface area contributed by atoms with E-state index in [0.717, 1.165) is 48.1 Å². The highest BCUT2D eigenvalue weighted by molar-refractivity contribution is 14.0. The summed E-state index contributed by atoms with van der Waals surface area (Å²) < 4.78 is 19.3. The normalized spacial score (nSPS) is 20.9. The third-order valence-electron chi connectivity index (χ3n) is 5.41. The minimum absolute atomic E-state index is 0. The van der Waals surface area contributed by atoms with Crippen LogP contribution in [-0.4, -0.2) is 60.6 Å². The number of aromatic nitrogens is 2. The van der Waals surface area contributed by atoms with Gasteiger partial charge < -0.3 is 24.4 Å². The number of rotatable bonds is 4. The number of hydrogen-bond donors (Lipinski definition) is 1. The molecule has 1 saturated heterocycles. The molecule has 164 valence electrons. The van der Waals surface area contributed by atoms with Crippen LogP contribution in [0.25, 0.3) is 0 Å². The molecule has 0 bridgehead atoms. The van der Waals surface area contributed by atoms with Crippen LogP contribution in [0.15, 0.2) is 29.5 Å². The van der Waals surface area contributed by atoms with Gasteiger partial charge in [0.15, 0.2) is 5.96 Å². The molecule has 1 aromatic carbocycles. The smallest absolute Gasteiger partial charge is 0.194 e. The van der Waals surface area contributed by atoms with E-state index in [1.165, 1.54) is 5.56 Å². The number of halogens is 1. The van der Waals surface area contributed by atoms with E-state index in [4.69, 9.17) is 14.2 Å². The van der Waals surface area contributed by atoms with Crippen molar-refractivity contribution in [3.63, 3.8) is 0 Å². The molecule has 8 nitrogen and oxygen atoms in total. The standard InChI is InChI=1S/C21H29N5O3.HI/c1-14-7-15-8-18(27-4)16(9-19(15)29-14)10-23-21(22-2)26-5-6-28-20(13-26)17-11-24-25(3)12-17;/h8-9,11-12,14,20H,5-7,10,13H2,1-4H3,(H,22,23);1H. The summed E-state index contributed by atoms with van der Waals surface area (Å²) in [6, 6.07) is 4.17. The monoisotopic (exact) mass is 527 g/mol. The van der Waals surface area contributed by atoms with Crippen LogP contribution in [0, 0.1) is 0 Å². The maximum atomic E-state index is 5.95. The predicted molar refractivity (Wildman–Crippen MR) is 126 cm³/mol. The van der Waals surface area contributed by atoms with Crippen molar-refractivity contribution in [2.75, 3.05) is 33.9 Å². The van der Waals surface area contributed by atoms with Gasteiger partial charge in [-0.3, -0.25) is 9.67 Å². The average Bonchev–Trinajstić information content (AvgIpc) is 3.32. The summed E-state index contributed by atoms with van der Waals surface area (Å²) in [5.41, 5.74) is 3.34. The van der Waals surface area contributed by atoms with Gasteiger partial charge in [-0.2, -0.15) is 5.10 Å². The van der Waals surface area contributed by atoms with Crippen molar-refractivity contribution in [2.45, 2.75) is 32.1 Å². The zero-order chi connectivity index (χ0) is 20.4. The molecule has 0 saturated carbocycles. The van der Waals surface area contributed by atoms with Crippen molar-refractivity contribution in [1.82, 2.24) is 20.0 Å². The summed E-state index contributed by atoms with van der Waals surface area (Å²) in [4.78, 5) is 6.70. The van der Waals surface area contributed by atoms with Crippen molar-refractivity contribution in [3.8, 4) is 11.5 Å². The first-order chi connectivity index (χ1) is 14.1. The van der Waals surface area contributed by atoms with Gasteiger partial charge in [0.25, 0.3) is 0 Å². The van der Waals surface area contributed by atoms with E-state index < -0.39 is 0 Å². The van der Waals surface area contributed by atoms with Crippen LogP contribution in [0.5, 0.6) is 11.5 Å². The first-order valence-corrected chi connectivity index (χ1v) is 9.99. The lowest BCUT2D eigenvalue weighted by atomic mass is 10.1. The number of hydrogen-bond acceptors (Lipinski definition) is 5. The summed E-state index contributed by atoms with van der Waals surface area (Å²) in [5.74, 6) is 2.67. The highest BCUT2D eigenvalue weighted by atomic mass is 127. The number of nitrogens with zero attached hydrogens (tertiary/aromatic N) is 4. The number of methoxy groups -OCH3 is 1. The molecule has 0 amide bonds. The van der Waals surface area contributed by atoms with Crippen molar-refractivity contribution >= 4 is 29.9 Å². The number of nitrogens with one attached hydrogen (secondary N) is 1. The molecule has 4 rings (SSSR count). The molecule has 2 atom stereocenters. The van der Waals surface area contributed by atoms with Crippen LogP contribution in [0.1, 0.15) is 29.7 Å². The highest BCUT2D eigenvalue weighted by Gasteiger charge is 2.26. The van der Waals surface area contributed by atoms with Crippen LogP contribution in [0.3, 0.4) is 0 Å². The molecule has 0 spiro atoms. The third kappa shape index (κ3) is 4.83. The van der Waals surface area contributed by atoms with Gasteiger partial charge in [0.2, 0.25) is 0 Å². The van der Waals surface area contributed by atoms with Crippen molar-refractivity contribution in [1.29, 1.82) is 0 Å². The van der Waals surface area contributed by atoms with Crippen LogP contribution < -0.4 is 14.8 Å². The van der Waals surface area contributed by atoms with Crippen molar-refractivity contribution < 1.29 is 14.2 Å². The van der Waals surface area contributed by atoms with E-state index in [-0.39, 0.29) is 36.2 Å². The van der Waals surface area contributed by atoms with E-state index in [0.29, 0.717) is 13.2 Å². The summed E-state index contributed by atoms with van der Waals surface area (Å²) in [6.45, 7) is 4.86. The molecular formula is C21H30IN5O3. The quantitative estimate of drug-likeness (QED) is 0.375. The zero-order valence-electron chi connectivity index (χ0n) is 17.9. The van der Waals surface area contributed by atoms with Gasteiger partial charge in [0.1, 0.15) is 23.7 Å². The van der Waals surface area contributed by atoms with E-state index in [1.54, 1.807) is 11.8 Å². The fraction of sp³-hybridized carbons (Fsp3) is 0.524. The molecule has 2 unspecified atom stereocenters. The van der Waals surface area contributed by atoms with Crippen molar-refractivity contribution in [2.24, 2.45) is 12.0 Å². The zero-order valence-corrected chi connectivity index (χ0v) is 20.3. The Bertz CT molecular complexity index is 901. The number of aliphatic imine (C=N–C) groups is 1. The van der Waals surface area contributed by atoms with Crippen LogP contribution in [0.4, 0.5) is 0 Å². The van der Waals surface area contributed by atoms with Gasteiger partial charge in [0.05, 0.1) is 26.5 Å². The Morgan fingerprint density at radius 2 is 2.23 bits per heavy atom. The summed E-state index contributed by atoms with van der Waals surface area (Å²) >= 11 is 0. The Balaban J connectivity index is 0.00000256. The minimum atomic E-state index is -0.0135. The lowest BCUT2D eigenvalue weighted by molar-refractivity contribution is -0.00805. The fourth-order valence-electron chi connectivity index (χ4n) is 3.97. The van der Waals surface area contributed by atoms with Gasteiger partial charge in [-0.25, -0.2) is 0 Å². The number of morpholine rings is 1. The van der Waals surface area contributed by atoms with E-state index in [1.807, 2.05) is 26.5 Å². The molecule has 9 heteroatoms. The lowest BCUT2D eigenvalue weighted by Gasteiger charge is -2.34. The largest absolute Gasteiger partial charge is 0.496 e. The molecule has 30 heavy (non-hydrogen) atoms. The first kappa shape index (κ1) is 22.7. The van der Waals surface area contributed by atoms with Gasteiger partial charge in [-0.05, 0) is 19.1 Å². The van der Waals surface area contributed by atoms with Gasteiger partial charge in [-0.1, -0.05) is 0 Å². The number of ether oxygens (including phenoxy) is 3. The Labute approximate surface area is 194 Å². The van der Waals surface area contributed by atoms with E-state index >= 15 is 0 Å². The second-order valence-electron chi connectivity index (χ2n) is 7.56. The maximum Gasteiger partial charge on any atom is 0.194 e. The molecule has 1 fully saturated rings. The van der Waals surface area contributed by atoms with Gasteiger partial charge >= 0.3 is 0 Å². The summed E-state index contributed by atoms with van der Waals surface area (Å²) in [7, 11) is 5.43. The third-order valence-corrected chi connectivity index (χ3v) is 5.41. The molecule has 2 aliphatic rings. The Morgan fingerprint density at radius 3 is 2.93 bits per heavy atom. The van der Waals surface area contributed by atoms with Gasteiger partial charge in [0, 0.05) is 56.5 Å². The van der Waals surface area contributed by atoms with Gasteiger partial charge in [-0.15, -0.1) is 24.0 Å².